The first-order valence-corrected chi connectivity index (χ1v) is 20.2. The Bertz CT molecular complexity index is 819. The van der Waals surface area contributed by atoms with Crippen molar-refractivity contribution >= 4 is 12.1 Å². The van der Waals surface area contributed by atoms with Gasteiger partial charge in [0.05, 0.1) is 145 Å². The molecule has 0 N–H and O–H groups in total. The van der Waals surface area contributed by atoms with Crippen molar-refractivity contribution < 1.29 is 71.2 Å². The molecular formula is C39H77NO15. The van der Waals surface area contributed by atoms with Gasteiger partial charge in [-0.25, -0.2) is 4.79 Å². The summed E-state index contributed by atoms with van der Waals surface area (Å²) in [6.07, 6.45) is 7.03. The molecule has 0 saturated heterocycles. The molecule has 0 fully saturated rings. The van der Waals surface area contributed by atoms with E-state index >= 15 is 0 Å². The zero-order chi connectivity index (χ0) is 40.3. The van der Waals surface area contributed by atoms with Crippen molar-refractivity contribution in [3.8, 4) is 0 Å². The SMILES string of the molecule is CCCCCCCCC(=O)OCCOCCOCCOCCOCCOCCOCCOCCOCCOCCOCCOCCN(C)C(=O)OC(C)(C)C. The smallest absolute Gasteiger partial charge is 0.410 e. The Morgan fingerprint density at radius 1 is 0.418 bits per heavy atom. The summed E-state index contributed by atoms with van der Waals surface area (Å²) in [5, 5.41) is 0. The minimum absolute atomic E-state index is 0.148. The van der Waals surface area contributed by atoms with E-state index in [-0.39, 0.29) is 18.7 Å². The van der Waals surface area contributed by atoms with Crippen LogP contribution in [0.25, 0.3) is 0 Å². The maximum absolute atomic E-state index is 11.9. The lowest BCUT2D eigenvalue weighted by molar-refractivity contribution is -0.145. The van der Waals surface area contributed by atoms with E-state index in [1.54, 1.807) is 7.05 Å². The van der Waals surface area contributed by atoms with Gasteiger partial charge in [0.2, 0.25) is 0 Å². The second-order valence-electron chi connectivity index (χ2n) is 13.4. The monoisotopic (exact) mass is 800 g/mol. The predicted octanol–water partition coefficient (Wildman–Crippen LogP) is 4.33. The molecule has 0 aliphatic rings. The fourth-order valence-electron chi connectivity index (χ4n) is 4.27. The Kier molecular flexibility index (Phi) is 40.6. The molecule has 0 heterocycles. The van der Waals surface area contributed by atoms with Gasteiger partial charge in [-0.15, -0.1) is 0 Å². The van der Waals surface area contributed by atoms with Gasteiger partial charge in [0.25, 0.3) is 0 Å². The third kappa shape index (κ3) is 44.9. The predicted molar refractivity (Wildman–Crippen MR) is 207 cm³/mol. The van der Waals surface area contributed by atoms with Gasteiger partial charge in [0.15, 0.2) is 0 Å². The molecule has 0 unspecified atom stereocenters. The van der Waals surface area contributed by atoms with Gasteiger partial charge in [-0.1, -0.05) is 39.0 Å². The zero-order valence-corrected chi connectivity index (χ0v) is 35.0. The number of nitrogens with zero attached hydrogens (tertiary/aromatic N) is 1. The molecule has 1 amide bonds. The molecule has 0 aromatic carbocycles. The van der Waals surface area contributed by atoms with E-state index in [0.29, 0.717) is 158 Å². The number of ether oxygens (including phenoxy) is 13. The molecular weight excluding hydrogens is 722 g/mol. The summed E-state index contributed by atoms with van der Waals surface area (Å²) in [7, 11) is 1.68. The first kappa shape index (κ1) is 53.3. The van der Waals surface area contributed by atoms with Crippen LogP contribution in [-0.4, -0.2) is 188 Å². The Morgan fingerprint density at radius 3 is 1.04 bits per heavy atom. The van der Waals surface area contributed by atoms with E-state index in [9.17, 15) is 9.59 Å². The summed E-state index contributed by atoms with van der Waals surface area (Å²) in [4.78, 5) is 25.0. The maximum Gasteiger partial charge on any atom is 0.410 e. The fraction of sp³-hybridized carbons (Fsp3) is 0.949. The normalized spacial score (nSPS) is 11.7. The van der Waals surface area contributed by atoms with Crippen LogP contribution in [0.5, 0.6) is 0 Å². The van der Waals surface area contributed by atoms with Crippen molar-refractivity contribution in [3.63, 3.8) is 0 Å². The highest BCUT2D eigenvalue weighted by Crippen LogP contribution is 2.09. The van der Waals surface area contributed by atoms with Crippen LogP contribution in [0, 0.1) is 0 Å². The first-order valence-electron chi connectivity index (χ1n) is 20.2. The molecule has 0 rings (SSSR count). The summed E-state index contributed by atoms with van der Waals surface area (Å²) in [6.45, 7) is 18.8. The van der Waals surface area contributed by atoms with E-state index in [0.717, 1.165) is 12.8 Å². The molecule has 55 heavy (non-hydrogen) atoms. The van der Waals surface area contributed by atoms with E-state index < -0.39 is 5.60 Å². The van der Waals surface area contributed by atoms with E-state index in [2.05, 4.69) is 6.92 Å². The number of likely N-dealkylation sites (N-methyl/N-ethyl adjacent to an activating group) is 1. The molecule has 0 bridgehead atoms. The van der Waals surface area contributed by atoms with E-state index in [4.69, 9.17) is 61.6 Å². The van der Waals surface area contributed by atoms with Gasteiger partial charge >= 0.3 is 12.1 Å². The van der Waals surface area contributed by atoms with Crippen LogP contribution in [0.4, 0.5) is 4.79 Å². The van der Waals surface area contributed by atoms with Crippen LogP contribution < -0.4 is 0 Å². The summed E-state index contributed by atoms with van der Waals surface area (Å²) >= 11 is 0. The zero-order valence-electron chi connectivity index (χ0n) is 35.0. The van der Waals surface area contributed by atoms with Crippen LogP contribution in [0.2, 0.25) is 0 Å². The summed E-state index contributed by atoms with van der Waals surface area (Å²) in [5.41, 5.74) is -0.514. The van der Waals surface area contributed by atoms with Gasteiger partial charge in [-0.2, -0.15) is 0 Å². The second-order valence-corrected chi connectivity index (χ2v) is 13.4. The molecule has 0 aromatic rings. The molecule has 0 saturated carbocycles. The van der Waals surface area contributed by atoms with Crippen LogP contribution in [0.1, 0.15) is 72.6 Å². The van der Waals surface area contributed by atoms with E-state index in [1.165, 1.54) is 30.6 Å². The van der Waals surface area contributed by atoms with Crippen LogP contribution in [0.15, 0.2) is 0 Å². The number of carbonyl (C=O) groups excluding carboxylic acids is 2. The molecule has 16 heteroatoms. The summed E-state index contributed by atoms with van der Waals surface area (Å²) in [6, 6.07) is 0. The number of hydrogen-bond acceptors (Lipinski definition) is 15. The lowest BCUT2D eigenvalue weighted by Crippen LogP contribution is -2.36. The van der Waals surface area contributed by atoms with Gasteiger partial charge in [0.1, 0.15) is 12.2 Å². The minimum atomic E-state index is -0.514. The summed E-state index contributed by atoms with van der Waals surface area (Å²) < 4.78 is 70.7. The Hall–Kier alpha value is -1.70. The van der Waals surface area contributed by atoms with Crippen molar-refractivity contribution in [2.45, 2.75) is 78.2 Å². The highest BCUT2D eigenvalue weighted by Gasteiger charge is 2.19. The molecule has 0 aromatic heterocycles. The maximum atomic E-state index is 11.9. The van der Waals surface area contributed by atoms with Crippen molar-refractivity contribution in [2.24, 2.45) is 0 Å². The highest BCUT2D eigenvalue weighted by atomic mass is 16.6. The highest BCUT2D eigenvalue weighted by molar-refractivity contribution is 5.69. The van der Waals surface area contributed by atoms with Crippen molar-refractivity contribution in [1.82, 2.24) is 4.90 Å². The van der Waals surface area contributed by atoms with Crippen LogP contribution in [-0.2, 0) is 66.4 Å². The first-order chi connectivity index (χ1) is 26.8. The quantitative estimate of drug-likeness (QED) is 0.0634. The van der Waals surface area contributed by atoms with Gasteiger partial charge in [-0.3, -0.25) is 4.79 Å². The lowest BCUT2D eigenvalue weighted by Gasteiger charge is -2.24. The number of carbonyl (C=O) groups is 2. The van der Waals surface area contributed by atoms with Crippen molar-refractivity contribution in [2.75, 3.05) is 166 Å². The molecule has 0 aliphatic heterocycles. The Morgan fingerprint density at radius 2 is 0.709 bits per heavy atom. The fourth-order valence-corrected chi connectivity index (χ4v) is 4.27. The number of rotatable bonds is 43. The number of unbranched alkanes of at least 4 members (excludes halogenated alkanes) is 5. The van der Waals surface area contributed by atoms with Crippen LogP contribution in [0.3, 0.4) is 0 Å². The van der Waals surface area contributed by atoms with Crippen LogP contribution >= 0.6 is 0 Å². The molecule has 328 valence electrons. The van der Waals surface area contributed by atoms with Gasteiger partial charge in [-0.05, 0) is 27.2 Å². The van der Waals surface area contributed by atoms with E-state index in [1.807, 2.05) is 20.8 Å². The number of hydrogen-bond donors (Lipinski definition) is 0. The molecule has 0 atom stereocenters. The topological polar surface area (TPSA) is 157 Å². The average Bonchev–Trinajstić information content (AvgIpc) is 3.15. The summed E-state index contributed by atoms with van der Waals surface area (Å²) in [5.74, 6) is -0.148. The Balaban J connectivity index is 3.16. The third-order valence-electron chi connectivity index (χ3n) is 7.22. The van der Waals surface area contributed by atoms with Crippen molar-refractivity contribution in [1.29, 1.82) is 0 Å². The molecule has 0 spiro atoms. The van der Waals surface area contributed by atoms with Gasteiger partial charge < -0.3 is 66.5 Å². The third-order valence-corrected chi connectivity index (χ3v) is 7.22. The second kappa shape index (κ2) is 41.9. The standard InChI is InChI=1S/C39H77NO15/c1-6-7-8-9-10-11-12-37(41)54-36-35-53-34-33-52-32-31-51-30-29-50-28-27-49-26-25-48-24-23-47-22-21-46-20-19-45-18-17-44-16-15-43-14-13-40(5)38(42)55-39(2,3)4/h6-36H2,1-5H3. The lowest BCUT2D eigenvalue weighted by atomic mass is 10.1. The van der Waals surface area contributed by atoms with Gasteiger partial charge in [0, 0.05) is 20.0 Å². The molecule has 16 nitrogen and oxygen atoms in total. The Labute approximate surface area is 331 Å². The average molecular weight is 800 g/mol. The molecule has 0 radical (unpaired) electrons. The largest absolute Gasteiger partial charge is 0.463 e. The van der Waals surface area contributed by atoms with Crippen molar-refractivity contribution in [3.05, 3.63) is 0 Å². The number of esters is 1. The molecule has 0 aliphatic carbocycles. The number of amides is 1. The minimum Gasteiger partial charge on any atom is -0.463 e.